The summed E-state index contributed by atoms with van der Waals surface area (Å²) in [6.07, 6.45) is 0. The lowest BCUT2D eigenvalue weighted by atomic mass is 10.2. The third-order valence-electron chi connectivity index (χ3n) is 2.19. The first-order valence-electron chi connectivity index (χ1n) is 4.65. The van der Waals surface area contributed by atoms with Crippen LogP contribution in [-0.4, -0.2) is 19.1 Å². The Morgan fingerprint density at radius 3 is 2.80 bits per heavy atom. The van der Waals surface area contributed by atoms with Crippen molar-refractivity contribution in [1.29, 1.82) is 0 Å². The predicted octanol–water partition coefficient (Wildman–Crippen LogP) is 2.73. The lowest BCUT2D eigenvalue weighted by Gasteiger charge is -2.15. The molecule has 4 heteroatoms. The van der Waals surface area contributed by atoms with E-state index in [0.29, 0.717) is 0 Å². The first-order valence-corrected chi connectivity index (χ1v) is 5.45. The third kappa shape index (κ3) is 2.96. The second kappa shape index (κ2) is 5.16. The monoisotopic (exact) mass is 271 g/mol. The van der Waals surface area contributed by atoms with E-state index in [1.807, 2.05) is 25.1 Å². The number of ether oxygens (including phenoxy) is 1. The van der Waals surface area contributed by atoms with E-state index in [4.69, 9.17) is 0 Å². The molecule has 0 saturated heterocycles. The zero-order chi connectivity index (χ0) is 11.4. The fourth-order valence-corrected chi connectivity index (χ4v) is 1.60. The van der Waals surface area contributed by atoms with E-state index in [1.54, 1.807) is 6.92 Å². The first-order chi connectivity index (χ1) is 7.06. The summed E-state index contributed by atoms with van der Waals surface area (Å²) in [5, 5.41) is 3.10. The number of methoxy groups -OCH3 is 1. The van der Waals surface area contributed by atoms with Gasteiger partial charge in [-0.3, -0.25) is 0 Å². The highest BCUT2D eigenvalue weighted by atomic mass is 79.9. The van der Waals surface area contributed by atoms with Crippen LogP contribution in [0.15, 0.2) is 22.7 Å². The highest BCUT2D eigenvalue weighted by Crippen LogP contribution is 2.23. The summed E-state index contributed by atoms with van der Waals surface area (Å²) in [6, 6.07) is 5.47. The molecule has 15 heavy (non-hydrogen) atoms. The Balaban J connectivity index is 2.81. The Labute approximate surface area is 97.9 Å². The minimum atomic E-state index is -0.344. The van der Waals surface area contributed by atoms with Gasteiger partial charge in [-0.05, 0) is 31.5 Å². The topological polar surface area (TPSA) is 38.3 Å². The smallest absolute Gasteiger partial charge is 0.327 e. The molecule has 1 rings (SSSR count). The van der Waals surface area contributed by atoms with Crippen molar-refractivity contribution in [3.8, 4) is 0 Å². The minimum Gasteiger partial charge on any atom is -0.467 e. The highest BCUT2D eigenvalue weighted by molar-refractivity contribution is 9.10. The van der Waals surface area contributed by atoms with Gasteiger partial charge in [0.25, 0.3) is 0 Å². The molecule has 1 N–H and O–H groups in total. The van der Waals surface area contributed by atoms with Crippen LogP contribution in [0.25, 0.3) is 0 Å². The van der Waals surface area contributed by atoms with Crippen LogP contribution in [0.5, 0.6) is 0 Å². The Kier molecular flexibility index (Phi) is 4.15. The Hall–Kier alpha value is -1.03. The van der Waals surface area contributed by atoms with Crippen molar-refractivity contribution < 1.29 is 9.53 Å². The summed E-state index contributed by atoms with van der Waals surface area (Å²) in [5.41, 5.74) is 2.01. The summed E-state index contributed by atoms with van der Waals surface area (Å²) in [4.78, 5) is 11.2. The zero-order valence-corrected chi connectivity index (χ0v) is 10.6. The predicted molar refractivity (Wildman–Crippen MR) is 64.0 cm³/mol. The maximum Gasteiger partial charge on any atom is 0.327 e. The second-order valence-corrected chi connectivity index (χ2v) is 4.16. The van der Waals surface area contributed by atoms with Gasteiger partial charge in [-0.2, -0.15) is 0 Å². The normalized spacial score (nSPS) is 12.0. The molecule has 1 aromatic rings. The fraction of sp³-hybridized carbons (Fsp3) is 0.364. The van der Waals surface area contributed by atoms with Crippen LogP contribution in [0.1, 0.15) is 12.5 Å². The summed E-state index contributed by atoms with van der Waals surface area (Å²) in [7, 11) is 1.38. The maximum absolute atomic E-state index is 11.2. The number of halogens is 1. The molecule has 0 aliphatic rings. The average molecular weight is 272 g/mol. The van der Waals surface area contributed by atoms with Gasteiger partial charge in [0.1, 0.15) is 6.04 Å². The van der Waals surface area contributed by atoms with Crippen molar-refractivity contribution in [1.82, 2.24) is 0 Å². The number of carbonyl (C=O) groups is 1. The highest BCUT2D eigenvalue weighted by Gasteiger charge is 2.13. The van der Waals surface area contributed by atoms with Crippen molar-refractivity contribution >= 4 is 27.6 Å². The first kappa shape index (κ1) is 12.0. The summed E-state index contributed by atoms with van der Waals surface area (Å²) < 4.78 is 5.66. The number of anilines is 1. The fourth-order valence-electron chi connectivity index (χ4n) is 1.23. The molecule has 0 aliphatic carbocycles. The molecule has 1 atom stereocenters. The van der Waals surface area contributed by atoms with Gasteiger partial charge >= 0.3 is 5.97 Å². The molecule has 0 heterocycles. The molecule has 3 nitrogen and oxygen atoms in total. The maximum atomic E-state index is 11.2. The molecule has 0 aromatic heterocycles. The van der Waals surface area contributed by atoms with Gasteiger partial charge in [-0.15, -0.1) is 0 Å². The van der Waals surface area contributed by atoms with Gasteiger partial charge in [-0.25, -0.2) is 4.79 Å². The summed E-state index contributed by atoms with van der Waals surface area (Å²) >= 11 is 3.43. The van der Waals surface area contributed by atoms with Crippen molar-refractivity contribution in [2.24, 2.45) is 0 Å². The van der Waals surface area contributed by atoms with E-state index in [1.165, 1.54) is 7.11 Å². The molecule has 0 bridgehead atoms. The molecular formula is C11H14BrNO2. The number of nitrogens with one attached hydrogen (secondary N) is 1. The summed E-state index contributed by atoms with van der Waals surface area (Å²) in [6.45, 7) is 3.75. The SMILES string of the molecule is COC(=O)C(C)Nc1cccc(Br)c1C. The molecule has 0 fully saturated rings. The standard InChI is InChI=1S/C11H14BrNO2/c1-7-9(12)5-4-6-10(7)13-8(2)11(14)15-3/h4-6,8,13H,1-3H3. The number of hydrogen-bond donors (Lipinski definition) is 1. The van der Waals surface area contributed by atoms with Crippen LogP contribution in [0, 0.1) is 6.92 Å². The molecule has 1 aromatic carbocycles. The van der Waals surface area contributed by atoms with Crippen LogP contribution >= 0.6 is 15.9 Å². The van der Waals surface area contributed by atoms with Gasteiger partial charge in [0.2, 0.25) is 0 Å². The van der Waals surface area contributed by atoms with E-state index < -0.39 is 0 Å². The van der Waals surface area contributed by atoms with Gasteiger partial charge in [-0.1, -0.05) is 22.0 Å². The molecule has 1 unspecified atom stereocenters. The van der Waals surface area contributed by atoms with E-state index >= 15 is 0 Å². The van der Waals surface area contributed by atoms with Gasteiger partial charge in [0, 0.05) is 10.2 Å². The number of esters is 1. The number of benzene rings is 1. The van der Waals surface area contributed by atoms with Gasteiger partial charge in [0.15, 0.2) is 0 Å². The van der Waals surface area contributed by atoms with E-state index in [9.17, 15) is 4.79 Å². The number of carbonyl (C=O) groups excluding carboxylic acids is 1. The molecule has 0 spiro atoms. The van der Waals surface area contributed by atoms with Crippen LogP contribution in [0.3, 0.4) is 0 Å². The molecular weight excluding hydrogens is 258 g/mol. The number of hydrogen-bond acceptors (Lipinski definition) is 3. The Morgan fingerprint density at radius 1 is 1.53 bits per heavy atom. The van der Waals surface area contributed by atoms with Gasteiger partial charge in [0.05, 0.1) is 7.11 Å². The molecule has 0 saturated carbocycles. The van der Waals surface area contributed by atoms with Crippen molar-refractivity contribution in [3.63, 3.8) is 0 Å². The Morgan fingerprint density at radius 2 is 2.20 bits per heavy atom. The van der Waals surface area contributed by atoms with E-state index in [-0.39, 0.29) is 12.0 Å². The van der Waals surface area contributed by atoms with Gasteiger partial charge < -0.3 is 10.1 Å². The van der Waals surface area contributed by atoms with E-state index in [0.717, 1.165) is 15.7 Å². The zero-order valence-electron chi connectivity index (χ0n) is 9.00. The van der Waals surface area contributed by atoms with Crippen LogP contribution in [0.2, 0.25) is 0 Å². The lowest BCUT2D eigenvalue weighted by molar-refractivity contribution is -0.141. The van der Waals surface area contributed by atoms with Crippen molar-refractivity contribution in [2.75, 3.05) is 12.4 Å². The molecule has 0 aliphatic heterocycles. The third-order valence-corrected chi connectivity index (χ3v) is 3.05. The quantitative estimate of drug-likeness (QED) is 0.860. The molecule has 82 valence electrons. The van der Waals surface area contributed by atoms with Crippen LogP contribution in [0.4, 0.5) is 5.69 Å². The summed E-state index contributed by atoms with van der Waals surface area (Å²) in [5.74, 6) is -0.269. The van der Waals surface area contributed by atoms with Crippen molar-refractivity contribution in [2.45, 2.75) is 19.9 Å². The minimum absolute atomic E-state index is 0.269. The Bertz CT molecular complexity index is 366. The molecule has 0 amide bonds. The van der Waals surface area contributed by atoms with Crippen LogP contribution < -0.4 is 5.32 Å². The lowest BCUT2D eigenvalue weighted by Crippen LogP contribution is -2.27. The second-order valence-electron chi connectivity index (χ2n) is 3.30. The van der Waals surface area contributed by atoms with Crippen molar-refractivity contribution in [3.05, 3.63) is 28.2 Å². The number of rotatable bonds is 3. The van der Waals surface area contributed by atoms with E-state index in [2.05, 4.69) is 26.0 Å². The largest absolute Gasteiger partial charge is 0.467 e. The van der Waals surface area contributed by atoms with Crippen LogP contribution in [-0.2, 0) is 9.53 Å². The molecule has 0 radical (unpaired) electrons. The average Bonchev–Trinajstić information content (AvgIpc) is 2.23.